The van der Waals surface area contributed by atoms with E-state index in [0.717, 1.165) is 10.9 Å². The third-order valence-corrected chi connectivity index (χ3v) is 2.31. The van der Waals surface area contributed by atoms with Gasteiger partial charge in [0.05, 0.1) is 5.52 Å². The summed E-state index contributed by atoms with van der Waals surface area (Å²) in [6.45, 7) is 0. The number of hydrogen-bond acceptors (Lipinski definition) is 2. The van der Waals surface area contributed by atoms with E-state index in [1.165, 1.54) is 4.73 Å². The molecular weight excluding hydrogens is 192 g/mol. The fraction of sp³-hybridized carbons (Fsp3) is 0.182. The first-order valence-corrected chi connectivity index (χ1v) is 4.65. The lowest BCUT2D eigenvalue weighted by atomic mass is 10.2. The molecule has 0 aliphatic carbocycles. The van der Waals surface area contributed by atoms with Crippen molar-refractivity contribution < 1.29 is 9.63 Å². The van der Waals surface area contributed by atoms with E-state index in [1.807, 2.05) is 24.3 Å². The van der Waals surface area contributed by atoms with E-state index in [4.69, 9.17) is 4.84 Å². The molecule has 2 aromatic rings. The number of carbonyl (C=O) groups excluding carboxylic acids is 1. The molecule has 1 aromatic heterocycles. The summed E-state index contributed by atoms with van der Waals surface area (Å²) in [7, 11) is 3.14. The van der Waals surface area contributed by atoms with Gasteiger partial charge in [-0.3, -0.25) is 4.79 Å². The molecule has 0 saturated carbocycles. The van der Waals surface area contributed by atoms with Crippen LogP contribution < -0.4 is 10.2 Å². The smallest absolute Gasteiger partial charge is 0.271 e. The lowest BCUT2D eigenvalue weighted by Gasteiger charge is -2.06. The topological polar surface area (TPSA) is 43.3 Å². The van der Waals surface area contributed by atoms with Crippen molar-refractivity contribution in [2.45, 2.75) is 0 Å². The third kappa shape index (κ3) is 1.44. The van der Waals surface area contributed by atoms with Crippen molar-refractivity contribution in [3.8, 4) is 0 Å². The normalized spacial score (nSPS) is 10.3. The highest BCUT2D eigenvalue weighted by Crippen LogP contribution is 2.18. The summed E-state index contributed by atoms with van der Waals surface area (Å²) in [6.07, 6.45) is 0. The van der Waals surface area contributed by atoms with E-state index in [9.17, 15) is 4.79 Å². The molecule has 1 aromatic carbocycles. The summed E-state index contributed by atoms with van der Waals surface area (Å²) in [6, 6.07) is 9.49. The number of amides is 1. The Morgan fingerprint density at radius 2 is 2.13 bits per heavy atom. The Bertz CT molecular complexity index is 502. The first-order chi connectivity index (χ1) is 7.27. The average molecular weight is 204 g/mol. The van der Waals surface area contributed by atoms with Crippen molar-refractivity contribution >= 4 is 16.8 Å². The quantitative estimate of drug-likeness (QED) is 0.794. The maximum atomic E-state index is 11.6. The molecule has 0 radical (unpaired) electrons. The van der Waals surface area contributed by atoms with Crippen LogP contribution in [-0.2, 0) is 0 Å². The number of fused-ring (bicyclic) bond motifs is 1. The van der Waals surface area contributed by atoms with Gasteiger partial charge in [0.1, 0.15) is 12.8 Å². The highest BCUT2D eigenvalue weighted by Gasteiger charge is 2.14. The lowest BCUT2D eigenvalue weighted by Crippen LogP contribution is -2.23. The van der Waals surface area contributed by atoms with Crippen LogP contribution in [0.3, 0.4) is 0 Å². The van der Waals surface area contributed by atoms with Gasteiger partial charge in [-0.25, -0.2) is 0 Å². The number of para-hydroxylation sites is 1. The molecule has 4 heteroatoms. The molecule has 0 spiro atoms. The predicted molar refractivity (Wildman–Crippen MR) is 57.8 cm³/mol. The number of nitrogens with zero attached hydrogens (tertiary/aromatic N) is 1. The Labute approximate surface area is 87.4 Å². The van der Waals surface area contributed by atoms with Crippen molar-refractivity contribution in [3.05, 3.63) is 36.0 Å². The average Bonchev–Trinajstić information content (AvgIpc) is 2.66. The maximum absolute atomic E-state index is 11.6. The van der Waals surface area contributed by atoms with Gasteiger partial charge >= 0.3 is 0 Å². The molecule has 0 unspecified atom stereocenters. The lowest BCUT2D eigenvalue weighted by molar-refractivity contribution is 0.0913. The Morgan fingerprint density at radius 1 is 1.40 bits per heavy atom. The van der Waals surface area contributed by atoms with Gasteiger partial charge in [0.2, 0.25) is 0 Å². The number of aromatic nitrogens is 1. The Morgan fingerprint density at radius 3 is 2.80 bits per heavy atom. The van der Waals surface area contributed by atoms with E-state index in [2.05, 4.69) is 5.32 Å². The van der Waals surface area contributed by atoms with Crippen LogP contribution >= 0.6 is 0 Å². The maximum Gasteiger partial charge on any atom is 0.271 e. The van der Waals surface area contributed by atoms with Gasteiger partial charge in [-0.05, 0) is 12.1 Å². The number of rotatable bonds is 2. The van der Waals surface area contributed by atoms with Crippen molar-refractivity contribution in [2.75, 3.05) is 14.2 Å². The van der Waals surface area contributed by atoms with Crippen LogP contribution in [0.15, 0.2) is 30.3 Å². The van der Waals surface area contributed by atoms with Gasteiger partial charge in [-0.2, -0.15) is 4.73 Å². The zero-order chi connectivity index (χ0) is 10.8. The molecule has 0 bridgehead atoms. The van der Waals surface area contributed by atoms with Crippen molar-refractivity contribution in [1.82, 2.24) is 10.0 Å². The first kappa shape index (κ1) is 9.58. The minimum atomic E-state index is -0.159. The molecule has 0 aliphatic heterocycles. The molecule has 1 amide bonds. The zero-order valence-corrected chi connectivity index (χ0v) is 8.65. The highest BCUT2D eigenvalue weighted by molar-refractivity contribution is 5.98. The van der Waals surface area contributed by atoms with Gasteiger partial charge in [0.25, 0.3) is 5.91 Å². The standard InChI is InChI=1S/C11H12N2O2/c1-12-11(14)10-7-8-5-3-4-6-9(8)13(10)15-2/h3-7H,1-2H3,(H,12,14). The van der Waals surface area contributed by atoms with Crippen molar-refractivity contribution in [2.24, 2.45) is 0 Å². The summed E-state index contributed by atoms with van der Waals surface area (Å²) in [5.41, 5.74) is 1.39. The zero-order valence-electron chi connectivity index (χ0n) is 8.65. The van der Waals surface area contributed by atoms with Crippen molar-refractivity contribution in [1.29, 1.82) is 0 Å². The second-order valence-corrected chi connectivity index (χ2v) is 3.14. The third-order valence-electron chi connectivity index (χ3n) is 2.31. The molecule has 0 saturated heterocycles. The highest BCUT2D eigenvalue weighted by atomic mass is 16.6. The second-order valence-electron chi connectivity index (χ2n) is 3.14. The van der Waals surface area contributed by atoms with Crippen molar-refractivity contribution in [3.63, 3.8) is 0 Å². The fourth-order valence-corrected chi connectivity index (χ4v) is 1.61. The number of benzene rings is 1. The SMILES string of the molecule is CNC(=O)c1cc2ccccc2n1OC. The van der Waals surface area contributed by atoms with Gasteiger partial charge in [0.15, 0.2) is 0 Å². The van der Waals surface area contributed by atoms with Crippen LogP contribution in [-0.4, -0.2) is 24.8 Å². The Kier molecular flexibility index (Phi) is 2.33. The minimum Gasteiger partial charge on any atom is -0.416 e. The molecule has 1 heterocycles. The molecule has 0 aliphatic rings. The van der Waals surface area contributed by atoms with Gasteiger partial charge in [-0.1, -0.05) is 18.2 Å². The van der Waals surface area contributed by atoms with E-state index in [1.54, 1.807) is 20.2 Å². The molecule has 4 nitrogen and oxygen atoms in total. The van der Waals surface area contributed by atoms with Crippen LogP contribution in [0.25, 0.3) is 10.9 Å². The largest absolute Gasteiger partial charge is 0.416 e. The summed E-state index contributed by atoms with van der Waals surface area (Å²) < 4.78 is 1.52. The van der Waals surface area contributed by atoms with Crippen LogP contribution in [0.5, 0.6) is 0 Å². The van der Waals surface area contributed by atoms with Gasteiger partial charge < -0.3 is 10.2 Å². The summed E-state index contributed by atoms with van der Waals surface area (Å²) in [5, 5.41) is 3.56. The molecular formula is C11H12N2O2. The van der Waals surface area contributed by atoms with Gasteiger partial charge in [0, 0.05) is 12.4 Å². The van der Waals surface area contributed by atoms with E-state index in [0.29, 0.717) is 5.69 Å². The monoisotopic (exact) mass is 204 g/mol. The van der Waals surface area contributed by atoms with Crippen LogP contribution in [0, 0.1) is 0 Å². The minimum absolute atomic E-state index is 0.159. The van der Waals surface area contributed by atoms with Gasteiger partial charge in [-0.15, -0.1) is 0 Å². The summed E-state index contributed by atoms with van der Waals surface area (Å²) in [5.74, 6) is -0.159. The second kappa shape index (κ2) is 3.65. The number of nitrogens with one attached hydrogen (secondary N) is 1. The first-order valence-electron chi connectivity index (χ1n) is 4.65. The number of hydrogen-bond donors (Lipinski definition) is 1. The molecule has 1 N–H and O–H groups in total. The fourth-order valence-electron chi connectivity index (χ4n) is 1.61. The Hall–Kier alpha value is -1.97. The molecule has 78 valence electrons. The summed E-state index contributed by atoms with van der Waals surface area (Å²) >= 11 is 0. The van der Waals surface area contributed by atoms with Crippen LogP contribution in [0.1, 0.15) is 10.5 Å². The Balaban J connectivity index is 2.69. The van der Waals surface area contributed by atoms with Crippen LogP contribution in [0.4, 0.5) is 0 Å². The molecule has 15 heavy (non-hydrogen) atoms. The van der Waals surface area contributed by atoms with E-state index in [-0.39, 0.29) is 5.91 Å². The molecule has 2 rings (SSSR count). The molecule has 0 fully saturated rings. The molecule has 0 atom stereocenters. The van der Waals surface area contributed by atoms with E-state index >= 15 is 0 Å². The summed E-state index contributed by atoms with van der Waals surface area (Å²) in [4.78, 5) is 16.7. The number of carbonyl (C=O) groups is 1. The van der Waals surface area contributed by atoms with E-state index < -0.39 is 0 Å². The predicted octanol–water partition coefficient (Wildman–Crippen LogP) is 1.06. The van der Waals surface area contributed by atoms with Crippen LogP contribution in [0.2, 0.25) is 0 Å².